The number of aromatic nitrogens is 1. The van der Waals surface area contributed by atoms with Crippen LogP contribution in [0.3, 0.4) is 0 Å². The van der Waals surface area contributed by atoms with Crippen LogP contribution in [-0.4, -0.2) is 67.3 Å². The molecule has 2 aliphatic heterocycles. The van der Waals surface area contributed by atoms with Crippen LogP contribution in [0.15, 0.2) is 11.4 Å². The van der Waals surface area contributed by atoms with Gasteiger partial charge in [0.2, 0.25) is 0 Å². The Kier molecular flexibility index (Phi) is 6.65. The lowest BCUT2D eigenvalue weighted by molar-refractivity contribution is -0.136. The van der Waals surface area contributed by atoms with E-state index in [4.69, 9.17) is 4.74 Å². The highest BCUT2D eigenvalue weighted by Crippen LogP contribution is 2.40. The van der Waals surface area contributed by atoms with Gasteiger partial charge in [-0.15, -0.1) is 11.3 Å². The van der Waals surface area contributed by atoms with E-state index in [0.717, 1.165) is 49.8 Å². The Morgan fingerprint density at radius 1 is 1.25 bits per heavy atom. The van der Waals surface area contributed by atoms with Crippen molar-refractivity contribution in [3.05, 3.63) is 22.6 Å². The number of amides is 1. The summed E-state index contributed by atoms with van der Waals surface area (Å²) in [4.78, 5) is 21.0. The molecule has 176 valence electrons. The molecule has 4 heterocycles. The lowest BCUT2D eigenvalue weighted by atomic mass is 10.0. The van der Waals surface area contributed by atoms with Gasteiger partial charge in [-0.3, -0.25) is 9.69 Å². The zero-order chi connectivity index (χ0) is 23.0. The number of piperidine rings is 1. The Labute approximate surface area is 189 Å². The third-order valence-corrected chi connectivity index (χ3v) is 7.23. The third kappa shape index (κ3) is 4.72. The second kappa shape index (κ2) is 9.15. The number of thiophene rings is 1. The van der Waals surface area contributed by atoms with Gasteiger partial charge in [-0.2, -0.15) is 13.2 Å². The number of pyridine rings is 1. The lowest BCUT2D eigenvalue weighted by Gasteiger charge is -2.37. The van der Waals surface area contributed by atoms with Crippen LogP contribution < -0.4 is 10.2 Å². The molecule has 0 bridgehead atoms. The Bertz CT molecular complexity index is 970. The largest absolute Gasteiger partial charge is 0.417 e. The van der Waals surface area contributed by atoms with E-state index in [1.807, 2.05) is 18.7 Å². The minimum absolute atomic E-state index is 0.00278. The van der Waals surface area contributed by atoms with Crippen molar-refractivity contribution in [2.24, 2.45) is 0 Å². The molecule has 6 nitrogen and oxygen atoms in total. The topological polar surface area (TPSA) is 57.7 Å². The minimum atomic E-state index is -4.51. The number of anilines is 1. The van der Waals surface area contributed by atoms with Crippen molar-refractivity contribution >= 4 is 33.3 Å². The molecule has 2 aromatic rings. The number of nitrogens with zero attached hydrogens (tertiary/aromatic N) is 3. The first-order valence-electron chi connectivity index (χ1n) is 11.0. The summed E-state index contributed by atoms with van der Waals surface area (Å²) in [6.07, 6.45) is -1.30. The van der Waals surface area contributed by atoms with Gasteiger partial charge in [0.25, 0.3) is 5.91 Å². The number of carbonyl (C=O) groups excluding carboxylic acids is 1. The first-order valence-corrected chi connectivity index (χ1v) is 11.9. The van der Waals surface area contributed by atoms with Crippen molar-refractivity contribution in [3.63, 3.8) is 0 Å². The van der Waals surface area contributed by atoms with Gasteiger partial charge >= 0.3 is 6.18 Å². The molecule has 4 rings (SSSR count). The van der Waals surface area contributed by atoms with Crippen molar-refractivity contribution in [1.29, 1.82) is 0 Å². The zero-order valence-corrected chi connectivity index (χ0v) is 19.4. The first-order chi connectivity index (χ1) is 15.2. The number of carbonyl (C=O) groups is 1. The SMILES string of the molecule is CNC(=O)c1csc2c(C(F)(F)F)cc(N3CCC(N4CCC(OC(C)C)C4)CC3)nc12. The highest BCUT2D eigenvalue weighted by atomic mass is 32.1. The zero-order valence-electron chi connectivity index (χ0n) is 18.5. The summed E-state index contributed by atoms with van der Waals surface area (Å²) in [6, 6.07) is 1.54. The predicted molar refractivity (Wildman–Crippen MR) is 119 cm³/mol. The molecule has 32 heavy (non-hydrogen) atoms. The quantitative estimate of drug-likeness (QED) is 0.712. The van der Waals surface area contributed by atoms with E-state index in [-0.39, 0.29) is 33.8 Å². The van der Waals surface area contributed by atoms with E-state index in [9.17, 15) is 18.0 Å². The van der Waals surface area contributed by atoms with Crippen LogP contribution in [0, 0.1) is 0 Å². The molecule has 0 aliphatic carbocycles. The van der Waals surface area contributed by atoms with Gasteiger partial charge in [0, 0.05) is 44.6 Å². The van der Waals surface area contributed by atoms with Gasteiger partial charge in [-0.05, 0) is 39.2 Å². The first kappa shape index (κ1) is 23.3. The lowest BCUT2D eigenvalue weighted by Crippen LogP contribution is -2.44. The van der Waals surface area contributed by atoms with Crippen LogP contribution in [0.25, 0.3) is 10.2 Å². The molecule has 0 aromatic carbocycles. The fourth-order valence-electron chi connectivity index (χ4n) is 4.71. The van der Waals surface area contributed by atoms with Crippen LogP contribution in [0.1, 0.15) is 49.0 Å². The summed E-state index contributed by atoms with van der Waals surface area (Å²) in [5.41, 5.74) is -0.425. The molecule has 1 unspecified atom stereocenters. The van der Waals surface area contributed by atoms with Gasteiger partial charge in [-0.1, -0.05) is 0 Å². The molecule has 0 spiro atoms. The molecule has 1 atom stereocenters. The molecule has 0 radical (unpaired) electrons. The Morgan fingerprint density at radius 2 is 1.97 bits per heavy atom. The second-order valence-electron chi connectivity index (χ2n) is 8.74. The maximum atomic E-state index is 13.8. The highest BCUT2D eigenvalue weighted by Gasteiger charge is 2.37. The summed E-state index contributed by atoms with van der Waals surface area (Å²) < 4.78 is 47.3. The number of fused-ring (bicyclic) bond motifs is 1. The van der Waals surface area contributed by atoms with E-state index in [2.05, 4.69) is 15.2 Å². The van der Waals surface area contributed by atoms with Crippen LogP contribution in [0.2, 0.25) is 0 Å². The minimum Gasteiger partial charge on any atom is -0.374 e. The van der Waals surface area contributed by atoms with Crippen molar-refractivity contribution in [1.82, 2.24) is 15.2 Å². The molecule has 2 fully saturated rings. The summed E-state index contributed by atoms with van der Waals surface area (Å²) in [5.74, 6) is -0.144. The van der Waals surface area contributed by atoms with Gasteiger partial charge in [0.05, 0.1) is 33.6 Å². The number of nitrogens with one attached hydrogen (secondary N) is 1. The molecular formula is C22H29F3N4O2S. The summed E-state index contributed by atoms with van der Waals surface area (Å²) in [5, 5.41) is 3.94. The summed E-state index contributed by atoms with van der Waals surface area (Å²) in [6.45, 7) is 7.26. The molecule has 2 aromatic heterocycles. The van der Waals surface area contributed by atoms with E-state index in [0.29, 0.717) is 19.1 Å². The second-order valence-corrected chi connectivity index (χ2v) is 9.62. The van der Waals surface area contributed by atoms with Gasteiger partial charge in [0.15, 0.2) is 0 Å². The number of likely N-dealkylation sites (tertiary alicyclic amines) is 1. The normalized spacial score (nSPS) is 21.1. The van der Waals surface area contributed by atoms with Crippen LogP contribution in [0.5, 0.6) is 0 Å². The molecule has 1 amide bonds. The highest BCUT2D eigenvalue weighted by molar-refractivity contribution is 7.17. The fourth-order valence-corrected chi connectivity index (χ4v) is 5.73. The van der Waals surface area contributed by atoms with Crippen LogP contribution >= 0.6 is 11.3 Å². The number of ether oxygens (including phenoxy) is 1. The average Bonchev–Trinajstić information content (AvgIpc) is 3.38. The number of alkyl halides is 3. The number of hydrogen-bond donors (Lipinski definition) is 1. The Balaban J connectivity index is 1.52. The fraction of sp³-hybridized carbons (Fsp3) is 0.636. The van der Waals surface area contributed by atoms with Crippen molar-refractivity contribution < 1.29 is 22.7 Å². The number of rotatable bonds is 5. The van der Waals surface area contributed by atoms with E-state index >= 15 is 0 Å². The monoisotopic (exact) mass is 470 g/mol. The Hall–Kier alpha value is -1.91. The van der Waals surface area contributed by atoms with E-state index in [1.54, 1.807) is 0 Å². The third-order valence-electron chi connectivity index (χ3n) is 6.23. The number of hydrogen-bond acceptors (Lipinski definition) is 6. The molecular weight excluding hydrogens is 441 g/mol. The molecule has 2 saturated heterocycles. The maximum absolute atomic E-state index is 13.8. The van der Waals surface area contributed by atoms with Crippen LogP contribution in [-0.2, 0) is 10.9 Å². The standard InChI is InChI=1S/C22H29F3N4O2S/c1-13(2)31-15-6-9-29(11-15)14-4-7-28(8-5-14)18-10-17(22(23,24)25)20-19(27-18)16(12-32-20)21(30)26-3/h10,12-15H,4-9,11H2,1-3H3,(H,26,30). The van der Waals surface area contributed by atoms with Crippen molar-refractivity contribution in [3.8, 4) is 0 Å². The molecule has 2 aliphatic rings. The molecule has 1 N–H and O–H groups in total. The van der Waals surface area contributed by atoms with Crippen LogP contribution in [0.4, 0.5) is 19.0 Å². The van der Waals surface area contributed by atoms with E-state index in [1.165, 1.54) is 12.4 Å². The van der Waals surface area contributed by atoms with Gasteiger partial charge in [0.1, 0.15) is 5.82 Å². The smallest absolute Gasteiger partial charge is 0.374 e. The van der Waals surface area contributed by atoms with Gasteiger partial charge in [-0.25, -0.2) is 4.98 Å². The van der Waals surface area contributed by atoms with Crippen molar-refractivity contribution in [2.75, 3.05) is 38.1 Å². The Morgan fingerprint density at radius 3 is 2.59 bits per heavy atom. The maximum Gasteiger partial charge on any atom is 0.417 e. The molecule has 10 heteroatoms. The molecule has 0 saturated carbocycles. The van der Waals surface area contributed by atoms with Gasteiger partial charge < -0.3 is 15.0 Å². The van der Waals surface area contributed by atoms with Crippen molar-refractivity contribution in [2.45, 2.75) is 57.5 Å². The van der Waals surface area contributed by atoms with E-state index < -0.39 is 17.6 Å². The predicted octanol–water partition coefficient (Wildman–Crippen LogP) is 4.14. The summed E-state index contributed by atoms with van der Waals surface area (Å²) in [7, 11) is 1.46. The summed E-state index contributed by atoms with van der Waals surface area (Å²) >= 11 is 0.908. The average molecular weight is 471 g/mol. The number of halogens is 3.